The SMILES string of the molecule is CC/C=C\C/C=C\C/C=C\C/C=C\C/C=C\C/C=C\C/C=C\C/C=C\CCCCCCC(=O)NC(CO)C(O)/C=C/CC/C=C/CCCCCC. The maximum atomic E-state index is 12.3. The van der Waals surface area contributed by atoms with Crippen LogP contribution in [0, 0.1) is 0 Å². The molecule has 0 aromatic rings. The van der Waals surface area contributed by atoms with Crippen molar-refractivity contribution in [3.8, 4) is 0 Å². The molecular weight excluding hydrogens is 627 g/mol. The molecule has 0 bridgehead atoms. The molecule has 4 nitrogen and oxygen atoms in total. The number of rotatable bonds is 34. The first kappa shape index (κ1) is 47.8. The molecule has 0 aliphatic heterocycles. The van der Waals surface area contributed by atoms with Crippen LogP contribution in [0.4, 0.5) is 0 Å². The van der Waals surface area contributed by atoms with Crippen LogP contribution in [0.15, 0.2) is 122 Å². The van der Waals surface area contributed by atoms with Gasteiger partial charge in [0.05, 0.1) is 18.8 Å². The van der Waals surface area contributed by atoms with Crippen molar-refractivity contribution in [3.05, 3.63) is 122 Å². The molecule has 51 heavy (non-hydrogen) atoms. The van der Waals surface area contributed by atoms with Gasteiger partial charge in [-0.15, -0.1) is 0 Å². The van der Waals surface area contributed by atoms with Gasteiger partial charge in [0.25, 0.3) is 0 Å². The van der Waals surface area contributed by atoms with Crippen LogP contribution in [0.3, 0.4) is 0 Å². The summed E-state index contributed by atoms with van der Waals surface area (Å²) in [7, 11) is 0. The Morgan fingerprint density at radius 1 is 0.490 bits per heavy atom. The lowest BCUT2D eigenvalue weighted by Crippen LogP contribution is -2.45. The summed E-state index contributed by atoms with van der Waals surface area (Å²) in [5, 5.41) is 22.8. The maximum absolute atomic E-state index is 12.3. The summed E-state index contributed by atoms with van der Waals surface area (Å²) in [4.78, 5) is 12.3. The highest BCUT2D eigenvalue weighted by Gasteiger charge is 2.17. The average molecular weight is 702 g/mol. The van der Waals surface area contributed by atoms with Crippen LogP contribution in [-0.2, 0) is 4.79 Å². The van der Waals surface area contributed by atoms with Crippen LogP contribution in [-0.4, -0.2) is 34.9 Å². The molecular formula is C47H75NO3. The number of aliphatic hydroxyl groups excluding tert-OH is 2. The Hall–Kier alpha value is -3.21. The zero-order chi connectivity index (χ0) is 37.1. The number of allylic oxidation sites excluding steroid dienone is 19. The second-order valence-electron chi connectivity index (χ2n) is 13.0. The van der Waals surface area contributed by atoms with Gasteiger partial charge in [0.15, 0.2) is 0 Å². The van der Waals surface area contributed by atoms with Gasteiger partial charge >= 0.3 is 0 Å². The highest BCUT2D eigenvalue weighted by molar-refractivity contribution is 5.76. The van der Waals surface area contributed by atoms with Gasteiger partial charge in [-0.05, 0) is 96.3 Å². The molecule has 0 radical (unpaired) electrons. The van der Waals surface area contributed by atoms with Gasteiger partial charge in [0.1, 0.15) is 0 Å². The predicted molar refractivity (Wildman–Crippen MR) is 225 cm³/mol. The van der Waals surface area contributed by atoms with E-state index in [4.69, 9.17) is 0 Å². The summed E-state index contributed by atoms with van der Waals surface area (Å²) >= 11 is 0. The first-order valence-electron chi connectivity index (χ1n) is 20.2. The number of carbonyl (C=O) groups excluding carboxylic acids is 1. The zero-order valence-electron chi connectivity index (χ0n) is 32.6. The number of unbranched alkanes of at least 4 members (excludes halogenated alkanes) is 9. The molecule has 2 unspecified atom stereocenters. The third-order valence-corrected chi connectivity index (χ3v) is 8.18. The molecule has 1 amide bonds. The lowest BCUT2D eigenvalue weighted by molar-refractivity contribution is -0.123. The number of nitrogens with one attached hydrogen (secondary N) is 1. The van der Waals surface area contributed by atoms with Gasteiger partial charge < -0.3 is 15.5 Å². The lowest BCUT2D eigenvalue weighted by Gasteiger charge is -2.19. The van der Waals surface area contributed by atoms with E-state index in [1.807, 2.05) is 6.08 Å². The van der Waals surface area contributed by atoms with E-state index in [1.165, 1.54) is 25.7 Å². The van der Waals surface area contributed by atoms with Gasteiger partial charge in [-0.2, -0.15) is 0 Å². The molecule has 3 N–H and O–H groups in total. The fourth-order valence-electron chi connectivity index (χ4n) is 5.09. The van der Waals surface area contributed by atoms with E-state index >= 15 is 0 Å². The van der Waals surface area contributed by atoms with E-state index in [0.717, 1.165) is 103 Å². The number of aliphatic hydroxyl groups is 2. The largest absolute Gasteiger partial charge is 0.394 e. The second kappa shape index (κ2) is 41.2. The molecule has 0 aromatic carbocycles. The van der Waals surface area contributed by atoms with Crippen molar-refractivity contribution in [1.29, 1.82) is 0 Å². The standard InChI is InChI=1S/C47H75NO3/c1-3-5-7-9-11-13-15-16-17-18-19-20-21-22-23-24-25-26-27-28-29-30-31-32-33-35-37-39-41-43-47(51)48-45(44-49)46(50)42-40-38-36-34-14-12-10-8-6-4-2/h5,7,11,13-14,16-17,19-20,22-23,25-26,28-29,31-32,34,40,42,45-46,49-50H,3-4,6,8-10,12,15,18,21,24,27,30,33,35-39,41,43-44H2,1-2H3,(H,48,51)/b7-5-,13-11-,17-16-,20-19-,23-22-,26-25-,29-28-,32-31-,34-14+,42-40+. The minimum atomic E-state index is -0.879. The van der Waals surface area contributed by atoms with Gasteiger partial charge in [-0.25, -0.2) is 0 Å². The van der Waals surface area contributed by atoms with Crippen LogP contribution in [0.5, 0.6) is 0 Å². The van der Waals surface area contributed by atoms with Crippen LogP contribution in [0.25, 0.3) is 0 Å². The topological polar surface area (TPSA) is 69.6 Å². The Morgan fingerprint density at radius 3 is 1.35 bits per heavy atom. The van der Waals surface area contributed by atoms with E-state index in [1.54, 1.807) is 6.08 Å². The third kappa shape index (κ3) is 37.9. The number of hydrogen-bond donors (Lipinski definition) is 3. The van der Waals surface area contributed by atoms with Crippen molar-refractivity contribution in [3.63, 3.8) is 0 Å². The predicted octanol–water partition coefficient (Wildman–Crippen LogP) is 12.6. The van der Waals surface area contributed by atoms with Crippen LogP contribution < -0.4 is 5.32 Å². The average Bonchev–Trinajstić information content (AvgIpc) is 3.13. The Bertz CT molecular complexity index is 1070. The molecule has 0 aromatic heterocycles. The Morgan fingerprint density at radius 2 is 0.882 bits per heavy atom. The molecule has 0 aliphatic rings. The zero-order valence-corrected chi connectivity index (χ0v) is 32.6. The Kier molecular flexibility index (Phi) is 38.6. The molecule has 4 heteroatoms. The molecule has 0 aliphatic carbocycles. The van der Waals surface area contributed by atoms with Crippen molar-refractivity contribution in [2.24, 2.45) is 0 Å². The van der Waals surface area contributed by atoms with Crippen molar-refractivity contribution in [2.75, 3.05) is 6.61 Å². The van der Waals surface area contributed by atoms with Crippen LogP contribution >= 0.6 is 0 Å². The minimum absolute atomic E-state index is 0.108. The Balaban J connectivity index is 3.76. The van der Waals surface area contributed by atoms with E-state index in [0.29, 0.717) is 6.42 Å². The molecule has 0 saturated carbocycles. The smallest absolute Gasteiger partial charge is 0.220 e. The van der Waals surface area contributed by atoms with E-state index < -0.39 is 12.1 Å². The summed E-state index contributed by atoms with van der Waals surface area (Å²) in [5.41, 5.74) is 0. The van der Waals surface area contributed by atoms with Crippen molar-refractivity contribution < 1.29 is 15.0 Å². The summed E-state index contributed by atoms with van der Waals surface area (Å²) in [6.07, 6.45) is 64.4. The fraction of sp³-hybridized carbons (Fsp3) is 0.553. The molecule has 0 saturated heterocycles. The molecule has 2 atom stereocenters. The highest BCUT2D eigenvalue weighted by Crippen LogP contribution is 2.08. The minimum Gasteiger partial charge on any atom is -0.394 e. The highest BCUT2D eigenvalue weighted by atomic mass is 16.3. The van der Waals surface area contributed by atoms with Gasteiger partial charge in [0.2, 0.25) is 5.91 Å². The number of hydrogen-bond acceptors (Lipinski definition) is 3. The first-order valence-corrected chi connectivity index (χ1v) is 20.2. The Labute approximate surface area is 314 Å². The van der Waals surface area contributed by atoms with E-state index in [2.05, 4.69) is 129 Å². The van der Waals surface area contributed by atoms with E-state index in [9.17, 15) is 15.0 Å². The molecule has 286 valence electrons. The molecule has 0 heterocycles. The van der Waals surface area contributed by atoms with Gasteiger partial charge in [0, 0.05) is 6.42 Å². The maximum Gasteiger partial charge on any atom is 0.220 e. The lowest BCUT2D eigenvalue weighted by atomic mass is 10.1. The van der Waals surface area contributed by atoms with Crippen molar-refractivity contribution in [1.82, 2.24) is 5.32 Å². The van der Waals surface area contributed by atoms with Crippen LogP contribution in [0.2, 0.25) is 0 Å². The van der Waals surface area contributed by atoms with E-state index in [-0.39, 0.29) is 12.5 Å². The van der Waals surface area contributed by atoms with Crippen molar-refractivity contribution in [2.45, 2.75) is 161 Å². The van der Waals surface area contributed by atoms with Gasteiger partial charge in [-0.1, -0.05) is 167 Å². The number of carbonyl (C=O) groups is 1. The summed E-state index contributed by atoms with van der Waals surface area (Å²) < 4.78 is 0. The first-order chi connectivity index (χ1) is 25.2. The molecule has 0 fully saturated rings. The molecule has 0 rings (SSSR count). The van der Waals surface area contributed by atoms with Crippen LogP contribution in [0.1, 0.15) is 149 Å². The second-order valence-corrected chi connectivity index (χ2v) is 13.0. The normalized spacial score (nSPS) is 14.4. The monoisotopic (exact) mass is 702 g/mol. The molecule has 0 spiro atoms. The third-order valence-electron chi connectivity index (χ3n) is 8.18. The summed E-state index contributed by atoms with van der Waals surface area (Å²) in [6.45, 7) is 4.10. The summed E-state index contributed by atoms with van der Waals surface area (Å²) in [6, 6.07) is -0.660. The quantitative estimate of drug-likeness (QED) is 0.0462. The summed E-state index contributed by atoms with van der Waals surface area (Å²) in [5.74, 6) is -0.108. The fourth-order valence-corrected chi connectivity index (χ4v) is 5.09. The number of amides is 1. The van der Waals surface area contributed by atoms with Crippen molar-refractivity contribution >= 4 is 5.91 Å². The van der Waals surface area contributed by atoms with Gasteiger partial charge in [-0.3, -0.25) is 4.79 Å².